The third-order valence-electron chi connectivity index (χ3n) is 3.78. The first-order valence-corrected chi connectivity index (χ1v) is 7.82. The van der Waals surface area contributed by atoms with Crippen molar-refractivity contribution in [1.29, 1.82) is 0 Å². The molecule has 0 saturated carbocycles. The SMILES string of the molecule is Cc1ccc(C(=O)NNC(=O)c2cnn(-c3ccccc3)c2)c(C)c1. The number of carbonyl (C=O) groups excluding carboxylic acids is 2. The van der Waals surface area contributed by atoms with Gasteiger partial charge in [-0.3, -0.25) is 20.4 Å². The number of hydrazine groups is 1. The predicted molar refractivity (Wildman–Crippen MR) is 94.4 cm³/mol. The Morgan fingerprint density at radius 3 is 2.40 bits per heavy atom. The van der Waals surface area contributed by atoms with Gasteiger partial charge in [0, 0.05) is 11.8 Å². The second kappa shape index (κ2) is 7.00. The minimum atomic E-state index is -0.430. The molecule has 0 unspecified atom stereocenters. The van der Waals surface area contributed by atoms with Gasteiger partial charge in [0.05, 0.1) is 17.4 Å². The van der Waals surface area contributed by atoms with Crippen LogP contribution >= 0.6 is 0 Å². The van der Waals surface area contributed by atoms with Gasteiger partial charge in [-0.2, -0.15) is 5.10 Å². The van der Waals surface area contributed by atoms with Gasteiger partial charge >= 0.3 is 0 Å². The van der Waals surface area contributed by atoms with Gasteiger partial charge in [-0.25, -0.2) is 4.68 Å². The van der Waals surface area contributed by atoms with E-state index < -0.39 is 5.91 Å². The number of rotatable bonds is 3. The van der Waals surface area contributed by atoms with Crippen molar-refractivity contribution >= 4 is 11.8 Å². The zero-order valence-electron chi connectivity index (χ0n) is 14.0. The zero-order chi connectivity index (χ0) is 17.8. The Morgan fingerprint density at radius 1 is 0.960 bits per heavy atom. The molecule has 2 N–H and O–H groups in total. The molecule has 1 heterocycles. The summed E-state index contributed by atoms with van der Waals surface area (Å²) in [6.45, 7) is 3.81. The maximum Gasteiger partial charge on any atom is 0.272 e. The molecule has 1 aromatic heterocycles. The number of aromatic nitrogens is 2. The summed E-state index contributed by atoms with van der Waals surface area (Å²) < 4.78 is 1.60. The summed E-state index contributed by atoms with van der Waals surface area (Å²) >= 11 is 0. The molecular weight excluding hydrogens is 316 g/mol. The molecule has 0 bridgehead atoms. The van der Waals surface area contributed by atoms with Crippen molar-refractivity contribution in [2.75, 3.05) is 0 Å². The maximum atomic E-state index is 12.2. The summed E-state index contributed by atoms with van der Waals surface area (Å²) in [5.41, 5.74) is 8.49. The van der Waals surface area contributed by atoms with Crippen LogP contribution in [0.2, 0.25) is 0 Å². The molecule has 0 radical (unpaired) electrons. The standard InChI is InChI=1S/C19H18N4O2/c1-13-8-9-17(14(2)10-13)19(25)22-21-18(24)15-11-20-23(12-15)16-6-4-3-5-7-16/h3-12H,1-2H3,(H,21,24)(H,22,25). The van der Waals surface area contributed by atoms with Crippen molar-refractivity contribution in [3.05, 3.63) is 83.2 Å². The van der Waals surface area contributed by atoms with E-state index >= 15 is 0 Å². The third-order valence-corrected chi connectivity index (χ3v) is 3.78. The van der Waals surface area contributed by atoms with Crippen LogP contribution in [0.3, 0.4) is 0 Å². The second-order valence-electron chi connectivity index (χ2n) is 5.74. The number of nitrogens with one attached hydrogen (secondary N) is 2. The Hall–Kier alpha value is -3.41. The molecule has 0 saturated heterocycles. The molecule has 0 spiro atoms. The van der Waals surface area contributed by atoms with E-state index in [-0.39, 0.29) is 5.91 Å². The number of amides is 2. The van der Waals surface area contributed by atoms with Crippen molar-refractivity contribution in [2.45, 2.75) is 13.8 Å². The largest absolute Gasteiger partial charge is 0.272 e. The average molecular weight is 334 g/mol. The van der Waals surface area contributed by atoms with Crippen LogP contribution in [-0.2, 0) is 0 Å². The Morgan fingerprint density at radius 2 is 1.68 bits per heavy atom. The van der Waals surface area contributed by atoms with Crippen molar-refractivity contribution in [3.8, 4) is 5.69 Å². The molecule has 2 amide bonds. The van der Waals surface area contributed by atoms with Crippen molar-refractivity contribution < 1.29 is 9.59 Å². The molecule has 0 fully saturated rings. The molecule has 25 heavy (non-hydrogen) atoms. The average Bonchev–Trinajstić information content (AvgIpc) is 3.10. The molecule has 0 aliphatic rings. The number of carbonyl (C=O) groups is 2. The maximum absolute atomic E-state index is 12.2. The monoisotopic (exact) mass is 334 g/mol. The van der Waals surface area contributed by atoms with Gasteiger partial charge in [0.2, 0.25) is 0 Å². The molecule has 3 rings (SSSR count). The van der Waals surface area contributed by atoms with Gasteiger partial charge in [0.25, 0.3) is 11.8 Å². The zero-order valence-corrected chi connectivity index (χ0v) is 14.0. The van der Waals surface area contributed by atoms with Crippen LogP contribution in [0.4, 0.5) is 0 Å². The lowest BCUT2D eigenvalue weighted by molar-refractivity contribution is 0.0846. The molecule has 2 aromatic carbocycles. The molecular formula is C19H18N4O2. The van der Waals surface area contributed by atoms with Crippen LogP contribution in [0.1, 0.15) is 31.8 Å². The first kappa shape index (κ1) is 16.4. The van der Waals surface area contributed by atoms with E-state index in [2.05, 4.69) is 16.0 Å². The van der Waals surface area contributed by atoms with E-state index in [1.165, 1.54) is 6.20 Å². The Balaban J connectivity index is 1.65. The highest BCUT2D eigenvalue weighted by molar-refractivity contribution is 5.99. The normalized spacial score (nSPS) is 10.3. The van der Waals surface area contributed by atoms with Gasteiger partial charge < -0.3 is 0 Å². The van der Waals surface area contributed by atoms with E-state index in [0.29, 0.717) is 11.1 Å². The van der Waals surface area contributed by atoms with Crippen LogP contribution < -0.4 is 10.9 Å². The quantitative estimate of drug-likeness (QED) is 0.723. The van der Waals surface area contributed by atoms with Gasteiger partial charge in [0.15, 0.2) is 0 Å². The Kier molecular flexibility index (Phi) is 4.61. The summed E-state index contributed by atoms with van der Waals surface area (Å²) in [4.78, 5) is 24.4. The van der Waals surface area contributed by atoms with E-state index in [0.717, 1.165) is 16.8 Å². The van der Waals surface area contributed by atoms with Gasteiger partial charge in [-0.1, -0.05) is 35.9 Å². The summed E-state index contributed by atoms with van der Waals surface area (Å²) in [7, 11) is 0. The number of hydrogen-bond acceptors (Lipinski definition) is 3. The highest BCUT2D eigenvalue weighted by atomic mass is 16.2. The molecule has 3 aromatic rings. The lowest BCUT2D eigenvalue weighted by Gasteiger charge is -2.09. The van der Waals surface area contributed by atoms with E-state index in [9.17, 15) is 9.59 Å². The fraction of sp³-hybridized carbons (Fsp3) is 0.105. The second-order valence-corrected chi connectivity index (χ2v) is 5.74. The lowest BCUT2D eigenvalue weighted by atomic mass is 10.1. The van der Waals surface area contributed by atoms with Crippen molar-refractivity contribution in [1.82, 2.24) is 20.6 Å². The topological polar surface area (TPSA) is 76.0 Å². The highest BCUT2D eigenvalue weighted by Crippen LogP contribution is 2.10. The summed E-state index contributed by atoms with van der Waals surface area (Å²) in [6.07, 6.45) is 3.06. The van der Waals surface area contributed by atoms with E-state index in [1.54, 1.807) is 16.9 Å². The number of hydrogen-bond donors (Lipinski definition) is 2. The number of benzene rings is 2. The summed E-state index contributed by atoms with van der Waals surface area (Å²) in [5, 5.41) is 4.16. The first-order chi connectivity index (χ1) is 12.0. The van der Waals surface area contributed by atoms with Crippen LogP contribution in [0.5, 0.6) is 0 Å². The molecule has 0 aliphatic carbocycles. The van der Waals surface area contributed by atoms with Crippen LogP contribution in [0.25, 0.3) is 5.69 Å². The lowest BCUT2D eigenvalue weighted by Crippen LogP contribution is -2.41. The first-order valence-electron chi connectivity index (χ1n) is 7.82. The number of aryl methyl sites for hydroxylation is 2. The summed E-state index contributed by atoms with van der Waals surface area (Å²) in [5.74, 6) is -0.790. The minimum absolute atomic E-state index is 0.352. The third kappa shape index (κ3) is 3.74. The van der Waals surface area contributed by atoms with E-state index in [4.69, 9.17) is 0 Å². The Labute approximate surface area is 145 Å². The number of para-hydroxylation sites is 1. The fourth-order valence-corrected chi connectivity index (χ4v) is 2.48. The number of nitrogens with zero attached hydrogens (tertiary/aromatic N) is 2. The Bertz CT molecular complexity index is 916. The highest BCUT2D eigenvalue weighted by Gasteiger charge is 2.13. The van der Waals surface area contributed by atoms with Crippen LogP contribution in [0, 0.1) is 13.8 Å². The van der Waals surface area contributed by atoms with Gasteiger partial charge in [0.1, 0.15) is 0 Å². The van der Waals surface area contributed by atoms with Crippen molar-refractivity contribution in [2.24, 2.45) is 0 Å². The fourth-order valence-electron chi connectivity index (χ4n) is 2.48. The van der Waals surface area contributed by atoms with Gasteiger partial charge in [-0.05, 0) is 37.6 Å². The van der Waals surface area contributed by atoms with Crippen molar-refractivity contribution in [3.63, 3.8) is 0 Å². The van der Waals surface area contributed by atoms with E-state index in [1.807, 2.05) is 56.3 Å². The molecule has 0 atom stereocenters. The van der Waals surface area contributed by atoms with Crippen LogP contribution in [0.15, 0.2) is 60.9 Å². The smallest absolute Gasteiger partial charge is 0.267 e. The molecule has 126 valence electrons. The summed E-state index contributed by atoms with van der Waals surface area (Å²) in [6, 6.07) is 15.0. The predicted octanol–water partition coefficient (Wildman–Crippen LogP) is 2.56. The minimum Gasteiger partial charge on any atom is -0.267 e. The molecule has 6 nitrogen and oxygen atoms in total. The molecule has 0 aliphatic heterocycles. The van der Waals surface area contributed by atoms with Crippen LogP contribution in [-0.4, -0.2) is 21.6 Å². The molecule has 6 heteroatoms. The van der Waals surface area contributed by atoms with Gasteiger partial charge in [-0.15, -0.1) is 0 Å².